The summed E-state index contributed by atoms with van der Waals surface area (Å²) in [5, 5.41) is 0. The predicted molar refractivity (Wildman–Crippen MR) is 74.1 cm³/mol. The minimum absolute atomic E-state index is 0.522. The average molecular weight is 253 g/mol. The van der Waals surface area contributed by atoms with E-state index in [2.05, 4.69) is 23.7 Å². The van der Waals surface area contributed by atoms with Crippen LogP contribution in [0.4, 0.5) is 11.5 Å². The third-order valence-electron chi connectivity index (χ3n) is 2.54. The third kappa shape index (κ3) is 4.07. The predicted octanol–water partition coefficient (Wildman–Crippen LogP) is 1.78. The van der Waals surface area contributed by atoms with Gasteiger partial charge in [0.1, 0.15) is 0 Å². The number of ether oxygens (including phenoxy) is 2. The van der Waals surface area contributed by atoms with Crippen LogP contribution in [0.15, 0.2) is 12.1 Å². The SMILES string of the molecule is COCCN(CC(C)C)c1nc(OC)ccc1N. The molecule has 1 aromatic rings. The number of methoxy groups -OCH3 is 2. The van der Waals surface area contributed by atoms with Crippen LogP contribution in [0.25, 0.3) is 0 Å². The number of anilines is 2. The average Bonchev–Trinajstić information content (AvgIpc) is 2.35. The smallest absolute Gasteiger partial charge is 0.215 e. The Labute approximate surface area is 109 Å². The molecule has 102 valence electrons. The van der Waals surface area contributed by atoms with Crippen molar-refractivity contribution in [2.45, 2.75) is 13.8 Å². The lowest BCUT2D eigenvalue weighted by molar-refractivity contribution is 0.204. The Morgan fingerprint density at radius 2 is 2.06 bits per heavy atom. The highest BCUT2D eigenvalue weighted by Crippen LogP contribution is 2.24. The van der Waals surface area contributed by atoms with Crippen LogP contribution in [0.5, 0.6) is 5.88 Å². The number of nitrogen functional groups attached to an aromatic ring is 1. The summed E-state index contributed by atoms with van der Waals surface area (Å²) in [5.74, 6) is 1.86. The summed E-state index contributed by atoms with van der Waals surface area (Å²) in [6.45, 7) is 6.62. The van der Waals surface area contributed by atoms with E-state index in [0.29, 0.717) is 24.1 Å². The van der Waals surface area contributed by atoms with E-state index < -0.39 is 0 Å². The first-order valence-corrected chi connectivity index (χ1v) is 6.12. The number of pyridine rings is 1. The molecule has 1 aromatic heterocycles. The van der Waals surface area contributed by atoms with Crippen LogP contribution in [0.1, 0.15) is 13.8 Å². The summed E-state index contributed by atoms with van der Waals surface area (Å²) in [5.41, 5.74) is 6.65. The standard InChI is InChI=1S/C13H23N3O2/c1-10(2)9-16(7-8-17-3)13-11(14)5-6-12(15-13)18-4/h5-6,10H,7-9,14H2,1-4H3. The Hall–Kier alpha value is -1.49. The molecular weight excluding hydrogens is 230 g/mol. The van der Waals surface area contributed by atoms with Gasteiger partial charge in [0.25, 0.3) is 0 Å². The van der Waals surface area contributed by atoms with Crippen molar-refractivity contribution in [3.8, 4) is 5.88 Å². The molecule has 0 aliphatic carbocycles. The Balaban J connectivity index is 2.94. The van der Waals surface area contributed by atoms with Gasteiger partial charge >= 0.3 is 0 Å². The van der Waals surface area contributed by atoms with Crippen molar-refractivity contribution in [1.29, 1.82) is 0 Å². The van der Waals surface area contributed by atoms with Gasteiger partial charge in [0.05, 0.1) is 19.4 Å². The van der Waals surface area contributed by atoms with Gasteiger partial charge < -0.3 is 20.1 Å². The molecule has 0 saturated carbocycles. The van der Waals surface area contributed by atoms with E-state index in [1.54, 1.807) is 20.3 Å². The lowest BCUT2D eigenvalue weighted by Crippen LogP contribution is -2.32. The van der Waals surface area contributed by atoms with Gasteiger partial charge in [0, 0.05) is 26.3 Å². The number of rotatable bonds is 7. The van der Waals surface area contributed by atoms with E-state index >= 15 is 0 Å². The van der Waals surface area contributed by atoms with Crippen LogP contribution < -0.4 is 15.4 Å². The summed E-state index contributed by atoms with van der Waals surface area (Å²) >= 11 is 0. The summed E-state index contributed by atoms with van der Waals surface area (Å²) in [6, 6.07) is 3.59. The summed E-state index contributed by atoms with van der Waals surface area (Å²) in [7, 11) is 3.29. The molecule has 1 rings (SSSR count). The lowest BCUT2D eigenvalue weighted by atomic mass is 10.2. The quantitative estimate of drug-likeness (QED) is 0.802. The summed E-state index contributed by atoms with van der Waals surface area (Å²) in [4.78, 5) is 6.55. The van der Waals surface area contributed by atoms with Crippen molar-refractivity contribution in [1.82, 2.24) is 4.98 Å². The van der Waals surface area contributed by atoms with Gasteiger partial charge in [-0.1, -0.05) is 13.8 Å². The van der Waals surface area contributed by atoms with E-state index in [4.69, 9.17) is 15.2 Å². The Kier molecular flexibility index (Phi) is 5.71. The van der Waals surface area contributed by atoms with Gasteiger partial charge in [0.2, 0.25) is 5.88 Å². The fraction of sp³-hybridized carbons (Fsp3) is 0.615. The van der Waals surface area contributed by atoms with Gasteiger partial charge in [-0.15, -0.1) is 0 Å². The van der Waals surface area contributed by atoms with E-state index in [0.717, 1.165) is 18.9 Å². The molecule has 0 atom stereocenters. The molecule has 1 heterocycles. The molecule has 0 fully saturated rings. The Morgan fingerprint density at radius 1 is 1.33 bits per heavy atom. The van der Waals surface area contributed by atoms with Gasteiger partial charge in [0.15, 0.2) is 5.82 Å². The first kappa shape index (κ1) is 14.6. The van der Waals surface area contributed by atoms with Crippen LogP contribution in [0.3, 0.4) is 0 Å². The molecule has 0 unspecified atom stereocenters. The molecule has 0 aromatic carbocycles. The number of nitrogens with two attached hydrogens (primary N) is 1. The van der Waals surface area contributed by atoms with Gasteiger partial charge in [-0.2, -0.15) is 4.98 Å². The van der Waals surface area contributed by atoms with Crippen molar-refractivity contribution in [2.24, 2.45) is 5.92 Å². The molecule has 18 heavy (non-hydrogen) atoms. The molecular formula is C13H23N3O2. The van der Waals surface area contributed by atoms with Crippen molar-refractivity contribution < 1.29 is 9.47 Å². The molecule has 0 aliphatic heterocycles. The van der Waals surface area contributed by atoms with Crippen LogP contribution in [-0.4, -0.2) is 38.9 Å². The first-order chi connectivity index (χ1) is 8.58. The monoisotopic (exact) mass is 253 g/mol. The zero-order chi connectivity index (χ0) is 13.5. The molecule has 0 bridgehead atoms. The minimum atomic E-state index is 0.522. The summed E-state index contributed by atoms with van der Waals surface area (Å²) in [6.07, 6.45) is 0. The maximum Gasteiger partial charge on any atom is 0.215 e. The highest BCUT2D eigenvalue weighted by Gasteiger charge is 2.14. The van der Waals surface area contributed by atoms with Gasteiger partial charge in [-0.05, 0) is 12.0 Å². The van der Waals surface area contributed by atoms with Crippen molar-refractivity contribution in [3.63, 3.8) is 0 Å². The van der Waals surface area contributed by atoms with E-state index in [-0.39, 0.29) is 0 Å². The number of hydrogen-bond acceptors (Lipinski definition) is 5. The maximum atomic E-state index is 5.99. The first-order valence-electron chi connectivity index (χ1n) is 6.12. The van der Waals surface area contributed by atoms with Crippen LogP contribution >= 0.6 is 0 Å². The van der Waals surface area contributed by atoms with E-state index in [1.165, 1.54) is 0 Å². The number of nitrogens with zero attached hydrogens (tertiary/aromatic N) is 2. The normalized spacial score (nSPS) is 10.7. The lowest BCUT2D eigenvalue weighted by Gasteiger charge is -2.26. The molecule has 5 nitrogen and oxygen atoms in total. The van der Waals surface area contributed by atoms with Crippen molar-refractivity contribution in [3.05, 3.63) is 12.1 Å². The van der Waals surface area contributed by atoms with Crippen LogP contribution in [0, 0.1) is 5.92 Å². The second-order valence-electron chi connectivity index (χ2n) is 4.60. The minimum Gasteiger partial charge on any atom is -0.481 e. The second-order valence-corrected chi connectivity index (χ2v) is 4.60. The fourth-order valence-corrected chi connectivity index (χ4v) is 1.73. The maximum absolute atomic E-state index is 5.99. The molecule has 0 saturated heterocycles. The van der Waals surface area contributed by atoms with Gasteiger partial charge in [-0.3, -0.25) is 0 Å². The van der Waals surface area contributed by atoms with E-state index in [9.17, 15) is 0 Å². The van der Waals surface area contributed by atoms with E-state index in [1.807, 2.05) is 6.07 Å². The number of aromatic nitrogens is 1. The molecule has 0 spiro atoms. The highest BCUT2D eigenvalue weighted by atomic mass is 16.5. The zero-order valence-electron chi connectivity index (χ0n) is 11.6. The Bertz CT molecular complexity index is 369. The molecule has 0 aliphatic rings. The molecule has 5 heteroatoms. The van der Waals surface area contributed by atoms with Crippen LogP contribution in [-0.2, 0) is 4.74 Å². The molecule has 2 N–H and O–H groups in total. The van der Waals surface area contributed by atoms with Crippen LogP contribution in [0.2, 0.25) is 0 Å². The number of hydrogen-bond donors (Lipinski definition) is 1. The van der Waals surface area contributed by atoms with Crippen molar-refractivity contribution in [2.75, 3.05) is 44.5 Å². The molecule has 0 amide bonds. The zero-order valence-corrected chi connectivity index (χ0v) is 11.6. The second kappa shape index (κ2) is 7.06. The topological polar surface area (TPSA) is 60.6 Å². The Morgan fingerprint density at radius 3 is 2.61 bits per heavy atom. The molecule has 0 radical (unpaired) electrons. The highest BCUT2D eigenvalue weighted by molar-refractivity contribution is 5.63. The summed E-state index contributed by atoms with van der Waals surface area (Å²) < 4.78 is 10.3. The fourth-order valence-electron chi connectivity index (χ4n) is 1.73. The largest absolute Gasteiger partial charge is 0.481 e. The van der Waals surface area contributed by atoms with Crippen molar-refractivity contribution >= 4 is 11.5 Å². The van der Waals surface area contributed by atoms with Gasteiger partial charge in [-0.25, -0.2) is 0 Å². The third-order valence-corrected chi connectivity index (χ3v) is 2.54.